The molecule has 1 fully saturated rings. The summed E-state index contributed by atoms with van der Waals surface area (Å²) in [6.45, 7) is 3.67. The highest BCUT2D eigenvalue weighted by Crippen LogP contribution is 2.24. The van der Waals surface area contributed by atoms with Gasteiger partial charge in [-0.2, -0.15) is 16.9 Å². The van der Waals surface area contributed by atoms with Crippen LogP contribution < -0.4 is 5.56 Å². The number of aromatic amines is 1. The number of likely N-dealkylation sites (tertiary alicyclic amines) is 1. The van der Waals surface area contributed by atoms with Crippen molar-refractivity contribution in [3.63, 3.8) is 0 Å². The van der Waals surface area contributed by atoms with Crippen molar-refractivity contribution in [2.45, 2.75) is 31.4 Å². The second-order valence-electron chi connectivity index (χ2n) is 5.77. The summed E-state index contributed by atoms with van der Waals surface area (Å²) in [5.74, 6) is 0.980. The lowest BCUT2D eigenvalue weighted by atomic mass is 10.1. The van der Waals surface area contributed by atoms with Gasteiger partial charge in [0.05, 0.1) is 5.39 Å². The third-order valence-electron chi connectivity index (χ3n) is 4.22. The normalized spacial score (nSPS) is 18.8. The van der Waals surface area contributed by atoms with Crippen molar-refractivity contribution in [1.29, 1.82) is 0 Å². The van der Waals surface area contributed by atoms with Crippen molar-refractivity contribution >= 4 is 28.4 Å². The molecule has 1 aliphatic heterocycles. The molecule has 3 rings (SSSR count). The monoisotopic (exact) mass is 331 g/mol. The molecule has 6 heteroatoms. The number of carbonyl (C=O) groups excluding carboxylic acids is 1. The topological polar surface area (TPSA) is 66.1 Å². The number of aromatic nitrogens is 2. The molecule has 1 unspecified atom stereocenters. The lowest BCUT2D eigenvalue weighted by Gasteiger charge is -2.24. The van der Waals surface area contributed by atoms with Crippen LogP contribution in [0.1, 0.15) is 36.7 Å². The third-order valence-corrected chi connectivity index (χ3v) is 5.41. The molecule has 23 heavy (non-hydrogen) atoms. The van der Waals surface area contributed by atoms with Gasteiger partial charge in [0, 0.05) is 23.7 Å². The zero-order chi connectivity index (χ0) is 16.2. The van der Waals surface area contributed by atoms with Gasteiger partial charge in [0.25, 0.3) is 11.5 Å². The molecule has 5 nitrogen and oxygen atoms in total. The number of hydrogen-bond acceptors (Lipinski definition) is 4. The predicted octanol–water partition coefficient (Wildman–Crippen LogP) is 2.67. The van der Waals surface area contributed by atoms with Crippen LogP contribution in [0.25, 0.3) is 10.8 Å². The van der Waals surface area contributed by atoms with E-state index in [1.165, 1.54) is 0 Å². The fourth-order valence-corrected chi connectivity index (χ4v) is 4.18. The summed E-state index contributed by atoms with van der Waals surface area (Å²) < 4.78 is 0. The van der Waals surface area contributed by atoms with Crippen LogP contribution >= 0.6 is 11.8 Å². The van der Waals surface area contributed by atoms with Gasteiger partial charge >= 0.3 is 0 Å². The molecule has 1 aliphatic rings. The molecule has 2 heterocycles. The van der Waals surface area contributed by atoms with Crippen molar-refractivity contribution in [3.05, 3.63) is 40.3 Å². The first kappa shape index (κ1) is 16.1. The molecule has 1 saturated heterocycles. The van der Waals surface area contributed by atoms with E-state index in [9.17, 15) is 9.59 Å². The molecule has 1 amide bonds. The van der Waals surface area contributed by atoms with E-state index < -0.39 is 0 Å². The standard InChI is InChI=1S/C17H21N3O2S/c1-2-23-12-7-5-6-10-20(11-12)17(22)15-13-8-3-4-9-14(13)16(21)19-18-15/h3-4,8-9,12H,2,5-7,10-11H2,1H3,(H,19,21). The quantitative estimate of drug-likeness (QED) is 0.939. The Morgan fingerprint density at radius 1 is 1.35 bits per heavy atom. The summed E-state index contributed by atoms with van der Waals surface area (Å²) in [4.78, 5) is 26.7. The molecule has 0 radical (unpaired) electrons. The van der Waals surface area contributed by atoms with E-state index in [1.807, 2.05) is 22.7 Å². The molecular formula is C17H21N3O2S. The van der Waals surface area contributed by atoms with Gasteiger partial charge in [-0.25, -0.2) is 5.10 Å². The Kier molecular flexibility index (Phi) is 5.00. The zero-order valence-corrected chi connectivity index (χ0v) is 14.1. The number of nitrogens with zero attached hydrogens (tertiary/aromatic N) is 2. The highest BCUT2D eigenvalue weighted by atomic mass is 32.2. The average molecular weight is 331 g/mol. The Hall–Kier alpha value is -1.82. The summed E-state index contributed by atoms with van der Waals surface area (Å²) in [6.07, 6.45) is 3.33. The maximum Gasteiger partial charge on any atom is 0.274 e. The molecule has 1 atom stereocenters. The Morgan fingerprint density at radius 3 is 2.91 bits per heavy atom. The van der Waals surface area contributed by atoms with Crippen molar-refractivity contribution in [2.24, 2.45) is 0 Å². The molecule has 2 aromatic rings. The van der Waals surface area contributed by atoms with E-state index in [0.717, 1.165) is 38.1 Å². The number of carbonyl (C=O) groups is 1. The number of hydrogen-bond donors (Lipinski definition) is 1. The summed E-state index contributed by atoms with van der Waals surface area (Å²) in [6, 6.07) is 7.15. The highest BCUT2D eigenvalue weighted by Gasteiger charge is 2.25. The van der Waals surface area contributed by atoms with Crippen molar-refractivity contribution in [1.82, 2.24) is 15.1 Å². The molecule has 0 aliphatic carbocycles. The summed E-state index contributed by atoms with van der Waals surface area (Å²) in [7, 11) is 0. The van der Waals surface area contributed by atoms with Crippen LogP contribution in [0.3, 0.4) is 0 Å². The van der Waals surface area contributed by atoms with E-state index in [1.54, 1.807) is 18.2 Å². The van der Waals surface area contributed by atoms with Crippen LogP contribution in [-0.4, -0.2) is 45.1 Å². The van der Waals surface area contributed by atoms with Crippen molar-refractivity contribution < 1.29 is 4.79 Å². The molecule has 0 spiro atoms. The van der Waals surface area contributed by atoms with E-state index in [2.05, 4.69) is 17.1 Å². The minimum atomic E-state index is -0.257. The fraction of sp³-hybridized carbons (Fsp3) is 0.471. The Bertz CT molecular complexity index is 759. The maximum atomic E-state index is 13.0. The van der Waals surface area contributed by atoms with Crippen LogP contribution in [0.15, 0.2) is 29.1 Å². The fourth-order valence-electron chi connectivity index (χ4n) is 3.09. The molecule has 1 N–H and O–H groups in total. The number of thioether (sulfide) groups is 1. The van der Waals surface area contributed by atoms with Gasteiger partial charge < -0.3 is 4.90 Å². The second-order valence-corrected chi connectivity index (χ2v) is 7.35. The van der Waals surface area contributed by atoms with Gasteiger partial charge in [0.2, 0.25) is 0 Å². The largest absolute Gasteiger partial charge is 0.336 e. The van der Waals surface area contributed by atoms with Crippen LogP contribution in [0, 0.1) is 0 Å². The number of benzene rings is 1. The number of rotatable bonds is 3. The number of fused-ring (bicyclic) bond motifs is 1. The summed E-state index contributed by atoms with van der Waals surface area (Å²) in [5, 5.41) is 8.13. The van der Waals surface area contributed by atoms with Gasteiger partial charge in [-0.15, -0.1) is 0 Å². The minimum absolute atomic E-state index is 0.0824. The maximum absolute atomic E-state index is 13.0. The first-order valence-electron chi connectivity index (χ1n) is 8.09. The third kappa shape index (κ3) is 3.42. The highest BCUT2D eigenvalue weighted by molar-refractivity contribution is 7.99. The molecule has 1 aromatic carbocycles. The first-order valence-corrected chi connectivity index (χ1v) is 9.14. The van der Waals surface area contributed by atoms with Gasteiger partial charge in [-0.1, -0.05) is 31.5 Å². The Labute approximate surface area is 139 Å². The van der Waals surface area contributed by atoms with Gasteiger partial charge in [-0.3, -0.25) is 9.59 Å². The van der Waals surface area contributed by atoms with E-state index >= 15 is 0 Å². The van der Waals surface area contributed by atoms with Crippen LogP contribution in [0.4, 0.5) is 0 Å². The van der Waals surface area contributed by atoms with Crippen LogP contribution in [0.2, 0.25) is 0 Å². The first-order chi connectivity index (χ1) is 11.2. The Balaban J connectivity index is 1.93. The number of H-pyrrole nitrogens is 1. The predicted molar refractivity (Wildman–Crippen MR) is 94.0 cm³/mol. The van der Waals surface area contributed by atoms with Crippen LogP contribution in [-0.2, 0) is 0 Å². The summed E-state index contributed by atoms with van der Waals surface area (Å²) >= 11 is 1.92. The van der Waals surface area contributed by atoms with E-state index in [0.29, 0.717) is 21.7 Å². The zero-order valence-electron chi connectivity index (χ0n) is 13.2. The van der Waals surface area contributed by atoms with Gasteiger partial charge in [0.15, 0.2) is 5.69 Å². The average Bonchev–Trinajstić information content (AvgIpc) is 2.81. The number of nitrogens with one attached hydrogen (secondary N) is 1. The molecule has 1 aromatic heterocycles. The Morgan fingerprint density at radius 2 is 2.13 bits per heavy atom. The molecule has 122 valence electrons. The van der Waals surface area contributed by atoms with Gasteiger partial charge in [-0.05, 0) is 24.7 Å². The SMILES string of the molecule is CCSC1CCCCN(C(=O)c2n[nH]c(=O)c3ccccc23)C1. The van der Waals surface area contributed by atoms with Crippen molar-refractivity contribution in [2.75, 3.05) is 18.8 Å². The second kappa shape index (κ2) is 7.17. The van der Waals surface area contributed by atoms with Gasteiger partial charge in [0.1, 0.15) is 0 Å². The van der Waals surface area contributed by atoms with E-state index in [4.69, 9.17) is 0 Å². The lowest BCUT2D eigenvalue weighted by molar-refractivity contribution is 0.0758. The minimum Gasteiger partial charge on any atom is -0.336 e. The lowest BCUT2D eigenvalue weighted by Crippen LogP contribution is -2.36. The molecular weight excluding hydrogens is 310 g/mol. The summed E-state index contributed by atoms with van der Waals surface area (Å²) in [5.41, 5.74) is 0.0924. The molecule has 0 saturated carbocycles. The number of amides is 1. The smallest absolute Gasteiger partial charge is 0.274 e. The van der Waals surface area contributed by atoms with E-state index in [-0.39, 0.29) is 11.5 Å². The van der Waals surface area contributed by atoms with Crippen molar-refractivity contribution in [3.8, 4) is 0 Å². The van der Waals surface area contributed by atoms with Crippen LogP contribution in [0.5, 0.6) is 0 Å². The molecule has 0 bridgehead atoms.